The first-order valence-corrected chi connectivity index (χ1v) is 8.81. The zero-order valence-electron chi connectivity index (χ0n) is 14.3. The van der Waals surface area contributed by atoms with Crippen molar-refractivity contribution in [1.29, 1.82) is 0 Å². The van der Waals surface area contributed by atoms with Crippen LogP contribution < -0.4 is 10.9 Å². The molecule has 7 nitrogen and oxygen atoms in total. The minimum atomic E-state index is -0.154. The maximum atomic E-state index is 12.3. The number of hydrogen-bond acceptors (Lipinski definition) is 4. The number of aromatic nitrogens is 2. The Balaban J connectivity index is 1.23. The first kappa shape index (κ1) is 16.5. The van der Waals surface area contributed by atoms with Gasteiger partial charge in [0, 0.05) is 43.1 Å². The third-order valence-electron chi connectivity index (χ3n) is 5.13. The van der Waals surface area contributed by atoms with Gasteiger partial charge in [-0.1, -0.05) is 18.2 Å². The van der Waals surface area contributed by atoms with Gasteiger partial charge in [-0.15, -0.1) is 0 Å². The second-order valence-electron chi connectivity index (χ2n) is 6.90. The van der Waals surface area contributed by atoms with Crippen LogP contribution in [-0.4, -0.2) is 39.3 Å². The van der Waals surface area contributed by atoms with E-state index in [-0.39, 0.29) is 29.3 Å². The van der Waals surface area contributed by atoms with Crippen LogP contribution in [0.15, 0.2) is 41.5 Å². The van der Waals surface area contributed by atoms with E-state index >= 15 is 0 Å². The molecule has 1 aromatic heterocycles. The number of carbonyl (C=O) groups is 2. The average molecular weight is 352 g/mol. The highest BCUT2D eigenvalue weighted by Gasteiger charge is 2.33. The first-order chi connectivity index (χ1) is 12.6. The molecule has 1 aliphatic heterocycles. The van der Waals surface area contributed by atoms with Gasteiger partial charge < -0.3 is 15.2 Å². The summed E-state index contributed by atoms with van der Waals surface area (Å²) in [6.07, 6.45) is 3.28. The minimum absolute atomic E-state index is 0.00233. The molecular weight excluding hydrogens is 332 g/mol. The fourth-order valence-electron chi connectivity index (χ4n) is 3.62. The van der Waals surface area contributed by atoms with E-state index in [1.165, 1.54) is 12.4 Å². The number of aromatic amines is 1. The molecular formula is C19H20N4O3. The summed E-state index contributed by atoms with van der Waals surface area (Å²) < 4.78 is 0. The quantitative estimate of drug-likeness (QED) is 0.845. The summed E-state index contributed by atoms with van der Waals surface area (Å²) in [5, 5.41) is 3.00. The van der Waals surface area contributed by atoms with Crippen molar-refractivity contribution in [2.75, 3.05) is 6.54 Å². The Kier molecular flexibility index (Phi) is 4.28. The van der Waals surface area contributed by atoms with Crippen LogP contribution in [0.3, 0.4) is 0 Å². The van der Waals surface area contributed by atoms with Gasteiger partial charge in [-0.3, -0.25) is 14.4 Å². The van der Waals surface area contributed by atoms with E-state index in [0.29, 0.717) is 19.5 Å². The molecule has 2 heterocycles. The van der Waals surface area contributed by atoms with Crippen LogP contribution in [0, 0.1) is 0 Å². The Labute approximate surface area is 150 Å². The van der Waals surface area contributed by atoms with Gasteiger partial charge in [0.1, 0.15) is 0 Å². The standard InChI is InChI=1S/C19H20N4O3/c24-17(5-6-23-10-12-3-1-2-4-15(12)19(23)26)22-14-7-13(8-14)16-9-18(25)21-11-20-16/h1-4,9,11,13-14H,5-8,10H2,(H,22,24)(H,20,21,25). The molecule has 0 unspecified atom stereocenters. The number of rotatable bonds is 5. The van der Waals surface area contributed by atoms with Gasteiger partial charge in [0.2, 0.25) is 5.91 Å². The third kappa shape index (κ3) is 3.24. The summed E-state index contributed by atoms with van der Waals surface area (Å²) in [4.78, 5) is 44.2. The van der Waals surface area contributed by atoms with Crippen LogP contribution in [0.1, 0.15) is 46.8 Å². The van der Waals surface area contributed by atoms with E-state index < -0.39 is 0 Å². The molecule has 7 heteroatoms. The predicted octanol–water partition coefficient (Wildman–Crippen LogP) is 1.18. The van der Waals surface area contributed by atoms with Crippen molar-refractivity contribution < 1.29 is 9.59 Å². The molecule has 26 heavy (non-hydrogen) atoms. The lowest BCUT2D eigenvalue weighted by atomic mass is 9.78. The lowest BCUT2D eigenvalue weighted by Gasteiger charge is -2.35. The van der Waals surface area contributed by atoms with Crippen LogP contribution in [-0.2, 0) is 11.3 Å². The Morgan fingerprint density at radius 2 is 2.08 bits per heavy atom. The molecule has 2 N–H and O–H groups in total. The van der Waals surface area contributed by atoms with Gasteiger partial charge in [0.25, 0.3) is 11.5 Å². The molecule has 1 aliphatic carbocycles. The monoisotopic (exact) mass is 352 g/mol. The lowest BCUT2D eigenvalue weighted by molar-refractivity contribution is -0.122. The zero-order chi connectivity index (χ0) is 18.1. The van der Waals surface area contributed by atoms with Crippen LogP contribution in [0.5, 0.6) is 0 Å². The van der Waals surface area contributed by atoms with E-state index in [1.54, 1.807) is 4.90 Å². The summed E-state index contributed by atoms with van der Waals surface area (Å²) in [7, 11) is 0. The van der Waals surface area contributed by atoms with Crippen molar-refractivity contribution in [3.05, 3.63) is 63.8 Å². The number of nitrogens with zero attached hydrogens (tertiary/aromatic N) is 2. The number of amides is 2. The van der Waals surface area contributed by atoms with E-state index in [0.717, 1.165) is 29.7 Å². The number of hydrogen-bond donors (Lipinski definition) is 2. The molecule has 2 aliphatic rings. The topological polar surface area (TPSA) is 95.2 Å². The Hall–Kier alpha value is -2.96. The van der Waals surface area contributed by atoms with Crippen LogP contribution in [0.25, 0.3) is 0 Å². The molecule has 0 radical (unpaired) electrons. The van der Waals surface area contributed by atoms with E-state index in [1.807, 2.05) is 24.3 Å². The summed E-state index contributed by atoms with van der Waals surface area (Å²) in [6.45, 7) is 0.993. The summed E-state index contributed by atoms with van der Waals surface area (Å²) in [5.74, 6) is 0.172. The maximum Gasteiger partial charge on any atom is 0.254 e. The summed E-state index contributed by atoms with van der Waals surface area (Å²) in [5.41, 5.74) is 2.38. The van der Waals surface area contributed by atoms with Crippen molar-refractivity contribution in [1.82, 2.24) is 20.2 Å². The molecule has 1 aromatic carbocycles. The molecule has 1 fully saturated rings. The highest BCUT2D eigenvalue weighted by atomic mass is 16.2. The average Bonchev–Trinajstić information content (AvgIpc) is 2.92. The second-order valence-corrected chi connectivity index (χ2v) is 6.90. The fraction of sp³-hybridized carbons (Fsp3) is 0.368. The van der Waals surface area contributed by atoms with Crippen LogP contribution in [0.4, 0.5) is 0 Å². The molecule has 1 saturated carbocycles. The first-order valence-electron chi connectivity index (χ1n) is 8.81. The lowest BCUT2D eigenvalue weighted by Crippen LogP contribution is -2.44. The Morgan fingerprint density at radius 1 is 1.27 bits per heavy atom. The normalized spacial score (nSPS) is 21.2. The summed E-state index contributed by atoms with van der Waals surface area (Å²) >= 11 is 0. The van der Waals surface area contributed by atoms with Crippen molar-refractivity contribution in [3.63, 3.8) is 0 Å². The van der Waals surface area contributed by atoms with Gasteiger partial charge in [0.15, 0.2) is 0 Å². The molecule has 4 rings (SSSR count). The number of benzene rings is 1. The predicted molar refractivity (Wildman–Crippen MR) is 94.6 cm³/mol. The number of fused-ring (bicyclic) bond motifs is 1. The SMILES string of the molecule is O=C(CCN1Cc2ccccc2C1=O)NC1CC(c2cc(=O)[nH]cn2)C1. The van der Waals surface area contributed by atoms with Crippen LogP contribution in [0.2, 0.25) is 0 Å². The molecule has 0 spiro atoms. The third-order valence-corrected chi connectivity index (χ3v) is 5.13. The van der Waals surface area contributed by atoms with Crippen molar-refractivity contribution >= 4 is 11.8 Å². The number of H-pyrrole nitrogens is 1. The molecule has 0 bridgehead atoms. The van der Waals surface area contributed by atoms with E-state index in [2.05, 4.69) is 15.3 Å². The molecule has 134 valence electrons. The highest BCUT2D eigenvalue weighted by molar-refractivity contribution is 5.98. The highest BCUT2D eigenvalue weighted by Crippen LogP contribution is 2.35. The Bertz CT molecular complexity index is 901. The van der Waals surface area contributed by atoms with E-state index in [4.69, 9.17) is 0 Å². The summed E-state index contributed by atoms with van der Waals surface area (Å²) in [6, 6.07) is 9.18. The van der Waals surface area contributed by atoms with E-state index in [9.17, 15) is 14.4 Å². The molecule has 2 aromatic rings. The van der Waals surface area contributed by atoms with Gasteiger partial charge in [0.05, 0.1) is 12.0 Å². The smallest absolute Gasteiger partial charge is 0.254 e. The van der Waals surface area contributed by atoms with Gasteiger partial charge in [-0.05, 0) is 24.5 Å². The zero-order valence-corrected chi connectivity index (χ0v) is 14.3. The van der Waals surface area contributed by atoms with Gasteiger partial charge in [-0.2, -0.15) is 0 Å². The van der Waals surface area contributed by atoms with Crippen molar-refractivity contribution in [2.45, 2.75) is 37.8 Å². The van der Waals surface area contributed by atoms with Gasteiger partial charge >= 0.3 is 0 Å². The van der Waals surface area contributed by atoms with Crippen LogP contribution >= 0.6 is 0 Å². The van der Waals surface area contributed by atoms with Crippen molar-refractivity contribution in [3.8, 4) is 0 Å². The Morgan fingerprint density at radius 3 is 2.85 bits per heavy atom. The maximum absolute atomic E-state index is 12.3. The molecule has 2 amide bonds. The molecule has 0 atom stereocenters. The fourth-order valence-corrected chi connectivity index (χ4v) is 3.62. The van der Waals surface area contributed by atoms with Crippen molar-refractivity contribution in [2.24, 2.45) is 0 Å². The second kappa shape index (κ2) is 6.74. The largest absolute Gasteiger partial charge is 0.353 e. The van der Waals surface area contributed by atoms with Gasteiger partial charge in [-0.25, -0.2) is 4.98 Å². The molecule has 0 saturated heterocycles. The number of nitrogens with one attached hydrogen (secondary N) is 2. The minimum Gasteiger partial charge on any atom is -0.353 e. The number of carbonyl (C=O) groups excluding carboxylic acids is 2.